The molecule has 1 saturated heterocycles. The lowest BCUT2D eigenvalue weighted by molar-refractivity contribution is 0.0101. The first kappa shape index (κ1) is 18.3. The van der Waals surface area contributed by atoms with E-state index in [4.69, 9.17) is 14.2 Å². The van der Waals surface area contributed by atoms with E-state index in [1.165, 1.54) is 37.9 Å². The highest BCUT2D eigenvalue weighted by Gasteiger charge is 2.35. The van der Waals surface area contributed by atoms with Gasteiger partial charge in [-0.15, -0.1) is 0 Å². The third-order valence-electron chi connectivity index (χ3n) is 5.88. The quantitative estimate of drug-likeness (QED) is 0.717. The fraction of sp³-hybridized carbons (Fsp3) is 0.478. The van der Waals surface area contributed by atoms with E-state index in [0.717, 1.165) is 36.4 Å². The van der Waals surface area contributed by atoms with E-state index >= 15 is 0 Å². The van der Waals surface area contributed by atoms with E-state index in [1.807, 2.05) is 13.2 Å². The minimum atomic E-state index is -0.474. The van der Waals surface area contributed by atoms with E-state index < -0.39 is 5.60 Å². The van der Waals surface area contributed by atoms with Crippen molar-refractivity contribution in [2.75, 3.05) is 33.5 Å². The number of likely N-dealkylation sites (tertiary alicyclic amines) is 1. The molecule has 4 nitrogen and oxygen atoms in total. The van der Waals surface area contributed by atoms with Gasteiger partial charge < -0.3 is 19.1 Å². The van der Waals surface area contributed by atoms with Crippen molar-refractivity contribution in [2.45, 2.75) is 37.7 Å². The maximum Gasteiger partial charge on any atom is 0.231 e. The Labute approximate surface area is 162 Å². The Bertz CT molecular complexity index is 743. The van der Waals surface area contributed by atoms with Crippen LogP contribution in [0.5, 0.6) is 11.5 Å². The summed E-state index contributed by atoms with van der Waals surface area (Å²) in [5, 5.41) is 0. The predicted molar refractivity (Wildman–Crippen MR) is 106 cm³/mol. The molecule has 1 atom stereocenters. The molecule has 0 spiro atoms. The Kier molecular flexibility index (Phi) is 5.65. The highest BCUT2D eigenvalue weighted by atomic mass is 16.7. The summed E-state index contributed by atoms with van der Waals surface area (Å²) in [7, 11) is 1.82. The van der Waals surface area contributed by atoms with E-state index in [1.54, 1.807) is 0 Å². The largest absolute Gasteiger partial charge is 0.454 e. The average molecular weight is 367 g/mol. The van der Waals surface area contributed by atoms with Crippen LogP contribution < -0.4 is 9.47 Å². The molecule has 0 amide bonds. The summed E-state index contributed by atoms with van der Waals surface area (Å²) in [5.74, 6) is 1.62. The molecule has 0 saturated carbocycles. The molecule has 2 aromatic rings. The molecule has 1 fully saturated rings. The molecular weight excluding hydrogens is 338 g/mol. The maximum absolute atomic E-state index is 6.24. The number of fused-ring (bicyclic) bond motifs is 1. The van der Waals surface area contributed by atoms with E-state index in [0.29, 0.717) is 6.79 Å². The summed E-state index contributed by atoms with van der Waals surface area (Å²) in [6.07, 6.45) is 6.06. The van der Waals surface area contributed by atoms with Gasteiger partial charge in [-0.1, -0.05) is 42.8 Å². The fourth-order valence-corrected chi connectivity index (χ4v) is 4.38. The minimum Gasteiger partial charge on any atom is -0.454 e. The molecule has 27 heavy (non-hydrogen) atoms. The molecule has 2 aromatic carbocycles. The van der Waals surface area contributed by atoms with Crippen LogP contribution in [0.2, 0.25) is 0 Å². The van der Waals surface area contributed by atoms with Gasteiger partial charge in [-0.25, -0.2) is 0 Å². The normalized spacial score (nSPS) is 19.0. The fourth-order valence-electron chi connectivity index (χ4n) is 4.38. The summed E-state index contributed by atoms with van der Waals surface area (Å²) in [6.45, 7) is 3.88. The second-order valence-corrected chi connectivity index (χ2v) is 7.47. The van der Waals surface area contributed by atoms with Gasteiger partial charge in [0.15, 0.2) is 11.5 Å². The predicted octanol–water partition coefficient (Wildman–Crippen LogP) is 4.57. The van der Waals surface area contributed by atoms with Crippen LogP contribution in [0, 0.1) is 0 Å². The molecular formula is C23H29NO3. The van der Waals surface area contributed by atoms with Gasteiger partial charge in [0.05, 0.1) is 0 Å². The zero-order valence-electron chi connectivity index (χ0n) is 16.2. The molecule has 144 valence electrons. The summed E-state index contributed by atoms with van der Waals surface area (Å²) in [5.41, 5.74) is 1.84. The Balaban J connectivity index is 1.60. The van der Waals surface area contributed by atoms with Gasteiger partial charge in [-0.2, -0.15) is 0 Å². The van der Waals surface area contributed by atoms with Crippen LogP contribution in [-0.4, -0.2) is 38.4 Å². The van der Waals surface area contributed by atoms with E-state index in [2.05, 4.69) is 47.4 Å². The average Bonchev–Trinajstić information content (AvgIpc) is 3.21. The zero-order valence-corrected chi connectivity index (χ0v) is 16.2. The van der Waals surface area contributed by atoms with Crippen molar-refractivity contribution in [2.24, 2.45) is 0 Å². The lowest BCUT2D eigenvalue weighted by atomic mass is 9.82. The third-order valence-corrected chi connectivity index (χ3v) is 5.88. The lowest BCUT2D eigenvalue weighted by Crippen LogP contribution is -2.34. The highest BCUT2D eigenvalue weighted by Crippen LogP contribution is 2.42. The van der Waals surface area contributed by atoms with Crippen molar-refractivity contribution in [1.82, 2.24) is 4.90 Å². The molecule has 4 heteroatoms. The monoisotopic (exact) mass is 367 g/mol. The Hall–Kier alpha value is -2.04. The number of hydrogen-bond acceptors (Lipinski definition) is 4. The number of piperidine rings is 1. The van der Waals surface area contributed by atoms with Crippen LogP contribution in [0.1, 0.15) is 43.2 Å². The molecule has 0 bridgehead atoms. The van der Waals surface area contributed by atoms with Crippen molar-refractivity contribution in [1.29, 1.82) is 0 Å². The minimum absolute atomic E-state index is 0.291. The van der Waals surface area contributed by atoms with Gasteiger partial charge in [0.25, 0.3) is 0 Å². The van der Waals surface area contributed by atoms with Gasteiger partial charge in [-0.3, -0.25) is 0 Å². The standard InChI is InChI=1S/C23H29NO3/c1-25-23(19-9-4-2-5-10-19,13-8-16-24-14-6-3-7-15-24)20-11-12-21-22(17-20)27-18-26-21/h2,4-5,9-12,17H,3,6-8,13-16,18H2,1H3. The molecule has 0 radical (unpaired) electrons. The number of methoxy groups -OCH3 is 1. The zero-order chi connectivity index (χ0) is 18.5. The number of ether oxygens (including phenoxy) is 3. The van der Waals surface area contributed by atoms with Crippen molar-refractivity contribution >= 4 is 0 Å². The van der Waals surface area contributed by atoms with Gasteiger partial charge in [0.1, 0.15) is 5.60 Å². The van der Waals surface area contributed by atoms with E-state index in [-0.39, 0.29) is 0 Å². The van der Waals surface area contributed by atoms with Crippen molar-refractivity contribution in [3.63, 3.8) is 0 Å². The molecule has 2 aliphatic rings. The van der Waals surface area contributed by atoms with Crippen LogP contribution in [0.15, 0.2) is 48.5 Å². The van der Waals surface area contributed by atoms with Crippen molar-refractivity contribution < 1.29 is 14.2 Å². The number of rotatable bonds is 7. The Morgan fingerprint density at radius 1 is 0.926 bits per heavy atom. The summed E-state index contributed by atoms with van der Waals surface area (Å²) < 4.78 is 17.4. The topological polar surface area (TPSA) is 30.9 Å². The summed E-state index contributed by atoms with van der Waals surface area (Å²) in [4.78, 5) is 2.59. The van der Waals surface area contributed by atoms with E-state index in [9.17, 15) is 0 Å². The lowest BCUT2D eigenvalue weighted by Gasteiger charge is -2.35. The first-order chi connectivity index (χ1) is 13.3. The highest BCUT2D eigenvalue weighted by molar-refractivity contribution is 5.48. The summed E-state index contributed by atoms with van der Waals surface area (Å²) in [6, 6.07) is 16.7. The van der Waals surface area contributed by atoms with Crippen molar-refractivity contribution in [3.8, 4) is 11.5 Å². The number of hydrogen-bond donors (Lipinski definition) is 0. The number of benzene rings is 2. The maximum atomic E-state index is 6.24. The molecule has 2 aliphatic heterocycles. The van der Waals surface area contributed by atoms with Gasteiger partial charge >= 0.3 is 0 Å². The van der Waals surface area contributed by atoms with Crippen molar-refractivity contribution in [3.05, 3.63) is 59.7 Å². The van der Waals surface area contributed by atoms with Gasteiger partial charge in [0, 0.05) is 7.11 Å². The van der Waals surface area contributed by atoms with Crippen LogP contribution in [0.3, 0.4) is 0 Å². The van der Waals surface area contributed by atoms with Crippen LogP contribution >= 0.6 is 0 Å². The Morgan fingerprint density at radius 3 is 2.48 bits per heavy atom. The molecule has 1 unspecified atom stereocenters. The SMILES string of the molecule is COC(CCCN1CCCCC1)(c1ccccc1)c1ccc2c(c1)OCO2. The first-order valence-electron chi connectivity index (χ1n) is 10.0. The Morgan fingerprint density at radius 2 is 1.70 bits per heavy atom. The van der Waals surface area contributed by atoms with Gasteiger partial charge in [0.2, 0.25) is 6.79 Å². The van der Waals surface area contributed by atoms with Crippen LogP contribution in [0.25, 0.3) is 0 Å². The van der Waals surface area contributed by atoms with Crippen LogP contribution in [0.4, 0.5) is 0 Å². The van der Waals surface area contributed by atoms with Gasteiger partial charge in [-0.05, 0) is 68.6 Å². The summed E-state index contributed by atoms with van der Waals surface area (Å²) >= 11 is 0. The smallest absolute Gasteiger partial charge is 0.231 e. The second-order valence-electron chi connectivity index (χ2n) is 7.47. The number of nitrogens with zero attached hydrogens (tertiary/aromatic N) is 1. The first-order valence-corrected chi connectivity index (χ1v) is 10.0. The molecule has 0 aliphatic carbocycles. The molecule has 0 N–H and O–H groups in total. The third kappa shape index (κ3) is 3.83. The van der Waals surface area contributed by atoms with Crippen LogP contribution in [-0.2, 0) is 10.3 Å². The second kappa shape index (κ2) is 8.32. The molecule has 2 heterocycles. The molecule has 4 rings (SSSR count). The molecule has 0 aromatic heterocycles.